The monoisotopic (exact) mass is 499 g/mol. The van der Waals surface area contributed by atoms with Crippen LogP contribution < -0.4 is 11.1 Å². The third kappa shape index (κ3) is 4.70. The average molecular weight is 500 g/mol. The molecule has 3 N–H and O–H groups in total. The molecule has 0 aliphatic heterocycles. The third-order valence-electron chi connectivity index (χ3n) is 4.86. The lowest BCUT2D eigenvalue weighted by Gasteiger charge is -2.05. The van der Waals surface area contributed by atoms with Crippen LogP contribution in [-0.4, -0.2) is 16.7 Å². The van der Waals surface area contributed by atoms with Crippen LogP contribution in [0.1, 0.15) is 27.7 Å². The summed E-state index contributed by atoms with van der Waals surface area (Å²) in [6.45, 7) is 8.73. The number of aromatic nitrogens is 1. The summed E-state index contributed by atoms with van der Waals surface area (Å²) < 4.78 is 0. The molecule has 0 bridgehead atoms. The van der Waals surface area contributed by atoms with Gasteiger partial charge < -0.3 is 11.1 Å². The predicted molar refractivity (Wildman–Crippen MR) is 134 cm³/mol. The van der Waals surface area contributed by atoms with Gasteiger partial charge in [-0.05, 0) is 29.8 Å². The Hall–Kier alpha value is -4.64. The highest BCUT2D eigenvalue weighted by atomic mass is 35.5. The Labute approximate surface area is 208 Å². The standard InChI is InChI=1S/C24H14ClN7O2S/c1-12(33)29-18-9-13(27)7-8-17(18)31-32-24-30-23(25)20(35-24)10-16-21(19(11-26)28-2)14-5-3-4-6-15(14)22(16)34/h3-10H,27H2,1H3,(H,29,33). The van der Waals surface area contributed by atoms with E-state index in [0.29, 0.717) is 33.1 Å². The highest BCUT2D eigenvalue weighted by molar-refractivity contribution is 7.16. The van der Waals surface area contributed by atoms with E-state index in [-0.39, 0.29) is 38.8 Å². The summed E-state index contributed by atoms with van der Waals surface area (Å²) in [7, 11) is 0. The van der Waals surface area contributed by atoms with Gasteiger partial charge in [0.1, 0.15) is 10.8 Å². The molecule has 1 aromatic heterocycles. The van der Waals surface area contributed by atoms with Crippen molar-refractivity contribution in [2.75, 3.05) is 11.1 Å². The van der Waals surface area contributed by atoms with Crippen LogP contribution in [0.5, 0.6) is 0 Å². The van der Waals surface area contributed by atoms with Crippen LogP contribution in [-0.2, 0) is 4.79 Å². The van der Waals surface area contributed by atoms with Gasteiger partial charge in [-0.3, -0.25) is 9.59 Å². The van der Waals surface area contributed by atoms with Gasteiger partial charge in [0, 0.05) is 29.3 Å². The Bertz CT molecular complexity index is 1560. The van der Waals surface area contributed by atoms with Gasteiger partial charge in [0.15, 0.2) is 5.78 Å². The van der Waals surface area contributed by atoms with Gasteiger partial charge >= 0.3 is 0 Å². The molecular weight excluding hydrogens is 486 g/mol. The number of benzene rings is 2. The average Bonchev–Trinajstić information content (AvgIpc) is 3.31. The van der Waals surface area contributed by atoms with Crippen molar-refractivity contribution in [3.63, 3.8) is 0 Å². The second-order valence-corrected chi connectivity index (χ2v) is 8.56. The Balaban J connectivity index is 1.73. The van der Waals surface area contributed by atoms with Crippen LogP contribution in [0.2, 0.25) is 5.15 Å². The van der Waals surface area contributed by atoms with Crippen molar-refractivity contribution in [3.8, 4) is 6.07 Å². The first-order chi connectivity index (χ1) is 16.8. The highest BCUT2D eigenvalue weighted by Crippen LogP contribution is 2.42. The lowest BCUT2D eigenvalue weighted by molar-refractivity contribution is -0.114. The summed E-state index contributed by atoms with van der Waals surface area (Å²) in [4.78, 5) is 32.4. The van der Waals surface area contributed by atoms with Crippen LogP contribution in [0.25, 0.3) is 16.5 Å². The summed E-state index contributed by atoms with van der Waals surface area (Å²) in [6.07, 6.45) is 1.51. The minimum absolute atomic E-state index is 0.0836. The maximum atomic E-state index is 13.1. The zero-order valence-electron chi connectivity index (χ0n) is 18.0. The number of nitrogens with zero attached hydrogens (tertiary/aromatic N) is 5. The number of fused-ring (bicyclic) bond motifs is 1. The van der Waals surface area contributed by atoms with Crippen molar-refractivity contribution in [2.45, 2.75) is 6.92 Å². The second-order valence-electron chi connectivity index (χ2n) is 7.19. The van der Waals surface area contributed by atoms with Crippen LogP contribution in [0.3, 0.4) is 0 Å². The molecule has 0 radical (unpaired) electrons. The van der Waals surface area contributed by atoms with E-state index in [1.165, 1.54) is 13.0 Å². The molecule has 11 heteroatoms. The third-order valence-corrected chi connectivity index (χ3v) is 6.14. The Kier molecular flexibility index (Phi) is 6.51. The number of halogens is 1. The molecule has 4 rings (SSSR count). The minimum Gasteiger partial charge on any atom is -0.399 e. The number of azo groups is 1. The number of anilines is 2. The molecule has 9 nitrogen and oxygen atoms in total. The lowest BCUT2D eigenvalue weighted by Crippen LogP contribution is -2.06. The number of nitrogens with one attached hydrogen (secondary N) is 1. The number of nitrogen functional groups attached to an aromatic ring is 1. The number of Topliss-reactive ketones (excluding diaryl/α,β-unsaturated/α-hetero) is 1. The molecule has 2 aromatic carbocycles. The number of hydrogen-bond donors (Lipinski definition) is 2. The fraction of sp³-hybridized carbons (Fsp3) is 0.0417. The smallest absolute Gasteiger partial charge is 0.270 e. The number of allylic oxidation sites excluding steroid dienone is 3. The van der Waals surface area contributed by atoms with E-state index >= 15 is 0 Å². The Morgan fingerprint density at radius 3 is 2.71 bits per heavy atom. The lowest BCUT2D eigenvalue weighted by atomic mass is 10.0. The summed E-state index contributed by atoms with van der Waals surface area (Å²) in [5, 5.41) is 20.6. The molecule has 0 unspecified atom stereocenters. The van der Waals surface area contributed by atoms with Gasteiger partial charge in [0.2, 0.25) is 11.0 Å². The van der Waals surface area contributed by atoms with Crippen molar-refractivity contribution < 1.29 is 9.59 Å². The first-order valence-electron chi connectivity index (χ1n) is 9.95. The van der Waals surface area contributed by atoms with Crippen molar-refractivity contribution in [1.82, 2.24) is 4.98 Å². The van der Waals surface area contributed by atoms with Crippen molar-refractivity contribution in [2.24, 2.45) is 10.2 Å². The number of carbonyl (C=O) groups is 2. The molecule has 1 heterocycles. The maximum Gasteiger partial charge on any atom is 0.270 e. The Morgan fingerprint density at radius 1 is 1.29 bits per heavy atom. The number of hydrogen-bond acceptors (Lipinski definition) is 8. The van der Waals surface area contributed by atoms with Gasteiger partial charge in [0.05, 0.1) is 23.2 Å². The number of thiazole rings is 1. The number of amides is 1. The Morgan fingerprint density at radius 2 is 2.03 bits per heavy atom. The van der Waals surface area contributed by atoms with Gasteiger partial charge in [-0.25, -0.2) is 15.1 Å². The normalized spacial score (nSPS) is 15.1. The van der Waals surface area contributed by atoms with Gasteiger partial charge in [-0.1, -0.05) is 47.2 Å². The molecule has 1 aliphatic rings. The maximum absolute atomic E-state index is 13.1. The molecule has 170 valence electrons. The number of carbonyl (C=O) groups excluding carboxylic acids is 2. The van der Waals surface area contributed by atoms with Gasteiger partial charge in [-0.2, -0.15) is 0 Å². The van der Waals surface area contributed by atoms with E-state index in [2.05, 4.69) is 25.4 Å². The number of rotatable bonds is 4. The molecule has 0 saturated carbocycles. The number of nitrogens with two attached hydrogens (primary N) is 1. The zero-order valence-corrected chi connectivity index (χ0v) is 19.6. The van der Waals surface area contributed by atoms with E-state index < -0.39 is 0 Å². The van der Waals surface area contributed by atoms with Crippen molar-refractivity contribution in [1.29, 1.82) is 5.26 Å². The molecule has 35 heavy (non-hydrogen) atoms. The summed E-state index contributed by atoms with van der Waals surface area (Å²) in [5.41, 5.74) is 8.15. The molecular formula is C24H14ClN7O2S. The fourth-order valence-corrected chi connectivity index (χ4v) is 4.45. The summed E-state index contributed by atoms with van der Waals surface area (Å²) in [5.74, 6) is -0.609. The van der Waals surface area contributed by atoms with Crippen LogP contribution >= 0.6 is 22.9 Å². The molecule has 0 spiro atoms. The van der Waals surface area contributed by atoms with E-state index in [4.69, 9.17) is 23.9 Å². The number of nitriles is 1. The topological polar surface area (TPSA) is 138 Å². The largest absolute Gasteiger partial charge is 0.399 e. The first-order valence-corrected chi connectivity index (χ1v) is 11.1. The highest BCUT2D eigenvalue weighted by Gasteiger charge is 2.32. The summed E-state index contributed by atoms with van der Waals surface area (Å²) >= 11 is 7.38. The molecule has 0 fully saturated rings. The van der Waals surface area contributed by atoms with Crippen molar-refractivity contribution >= 4 is 68.5 Å². The van der Waals surface area contributed by atoms with E-state index in [1.54, 1.807) is 42.5 Å². The molecule has 3 aromatic rings. The minimum atomic E-state index is -0.318. The van der Waals surface area contributed by atoms with Gasteiger partial charge in [0.25, 0.3) is 5.70 Å². The summed E-state index contributed by atoms with van der Waals surface area (Å²) in [6, 6.07) is 13.4. The molecule has 1 amide bonds. The molecule has 0 atom stereocenters. The molecule has 0 saturated heterocycles. The quantitative estimate of drug-likeness (QED) is 0.145. The van der Waals surface area contributed by atoms with E-state index in [1.807, 2.05) is 6.07 Å². The second kappa shape index (κ2) is 9.69. The van der Waals surface area contributed by atoms with E-state index in [9.17, 15) is 14.9 Å². The molecule has 1 aliphatic carbocycles. The first kappa shape index (κ1) is 23.5. The predicted octanol–water partition coefficient (Wildman–Crippen LogP) is 6.19. The van der Waals surface area contributed by atoms with Crippen LogP contribution in [0.4, 0.5) is 22.2 Å². The fourth-order valence-electron chi connectivity index (χ4n) is 3.42. The van der Waals surface area contributed by atoms with Crippen molar-refractivity contribution in [3.05, 3.63) is 86.3 Å². The van der Waals surface area contributed by atoms with Gasteiger partial charge in [-0.15, -0.1) is 10.2 Å². The zero-order chi connectivity index (χ0) is 25.1. The van der Waals surface area contributed by atoms with Crippen LogP contribution in [0, 0.1) is 17.9 Å². The van der Waals surface area contributed by atoms with E-state index in [0.717, 1.165) is 11.3 Å². The SMILES string of the molecule is [C-]#[N+]C(C#N)=C1C(=Cc2sc(N=Nc3ccc(N)cc3NC(C)=O)nc2Cl)C(=O)c2ccccc21. The number of ketones is 1. The van der Waals surface area contributed by atoms with Crippen LogP contribution in [0.15, 0.2) is 64.0 Å².